The van der Waals surface area contributed by atoms with Crippen molar-refractivity contribution in [2.45, 2.75) is 0 Å². The van der Waals surface area contributed by atoms with Crippen LogP contribution in [-0.4, -0.2) is 78.4 Å². The SMILES string of the molecule is CN(C)C(=S)[S-].CN(C)C(=S)[S-].CN(C)C(=S)[S-].[B+3]. The van der Waals surface area contributed by atoms with Gasteiger partial charge in [0.25, 0.3) is 0 Å². The normalized spacial score (nSPS) is 7.26. The molecule has 0 saturated carbocycles. The van der Waals surface area contributed by atoms with Gasteiger partial charge in [-0.25, -0.2) is 0 Å². The zero-order valence-corrected chi connectivity index (χ0v) is 16.8. The third kappa shape index (κ3) is 32.2. The molecule has 0 bridgehead atoms. The summed E-state index contributed by atoms with van der Waals surface area (Å²) in [5, 5.41) is 0. The summed E-state index contributed by atoms with van der Waals surface area (Å²) in [6.45, 7) is 0. The first-order chi connectivity index (χ1) is 7.93. The molecule has 10 heteroatoms. The van der Waals surface area contributed by atoms with Crippen LogP contribution >= 0.6 is 36.7 Å². The van der Waals surface area contributed by atoms with E-state index < -0.39 is 0 Å². The van der Waals surface area contributed by atoms with Crippen molar-refractivity contribution in [3.63, 3.8) is 0 Å². The quantitative estimate of drug-likeness (QED) is 0.344. The molecule has 0 saturated heterocycles. The van der Waals surface area contributed by atoms with Crippen LogP contribution < -0.4 is 0 Å². The fraction of sp³-hybridized carbons (Fsp3) is 0.667. The van der Waals surface area contributed by atoms with E-state index >= 15 is 0 Å². The van der Waals surface area contributed by atoms with Crippen molar-refractivity contribution in [2.75, 3.05) is 42.3 Å². The van der Waals surface area contributed by atoms with Crippen molar-refractivity contribution in [1.82, 2.24) is 14.7 Å². The van der Waals surface area contributed by atoms with E-state index in [0.29, 0.717) is 13.0 Å². The molecule has 108 valence electrons. The third-order valence-corrected chi connectivity index (χ3v) is 3.29. The van der Waals surface area contributed by atoms with E-state index in [1.807, 2.05) is 42.3 Å². The van der Waals surface area contributed by atoms with E-state index in [-0.39, 0.29) is 8.41 Å². The molecule has 0 amide bonds. The molecule has 0 aliphatic carbocycles. The van der Waals surface area contributed by atoms with E-state index in [9.17, 15) is 0 Å². The van der Waals surface area contributed by atoms with Crippen molar-refractivity contribution in [3.05, 3.63) is 0 Å². The molecule has 19 heavy (non-hydrogen) atoms. The average Bonchev–Trinajstić information content (AvgIpc) is 2.18. The fourth-order valence-electron chi connectivity index (χ4n) is 0. The Morgan fingerprint density at radius 1 is 0.579 bits per heavy atom. The second kappa shape index (κ2) is 16.4. The molecular formula is C9H18BN3S6. The second-order valence-electron chi connectivity index (χ2n) is 3.48. The van der Waals surface area contributed by atoms with Gasteiger partial charge < -0.3 is 89.2 Å². The first-order valence-corrected chi connectivity index (χ1v) is 7.03. The first kappa shape index (κ1) is 27.7. The molecule has 0 rings (SSSR count). The van der Waals surface area contributed by atoms with E-state index in [2.05, 4.69) is 74.5 Å². The van der Waals surface area contributed by atoms with Crippen molar-refractivity contribution in [3.8, 4) is 0 Å². The Labute approximate surface area is 152 Å². The molecule has 0 aliphatic rings. The minimum atomic E-state index is 0. The zero-order chi connectivity index (χ0) is 15.5. The van der Waals surface area contributed by atoms with Gasteiger partial charge in [0.15, 0.2) is 0 Å². The molecule has 0 heterocycles. The van der Waals surface area contributed by atoms with Crippen molar-refractivity contribution in [2.24, 2.45) is 0 Å². The molecule has 0 aromatic carbocycles. The van der Waals surface area contributed by atoms with Crippen molar-refractivity contribution >= 4 is 95.9 Å². The zero-order valence-electron chi connectivity index (χ0n) is 11.9. The summed E-state index contributed by atoms with van der Waals surface area (Å²) in [5.74, 6) is 0. The van der Waals surface area contributed by atoms with Crippen LogP contribution in [0.2, 0.25) is 0 Å². The summed E-state index contributed by atoms with van der Waals surface area (Å²) in [4.78, 5) is 5.14. The number of thiocarbonyl (C=S) groups is 3. The number of rotatable bonds is 0. The van der Waals surface area contributed by atoms with Crippen LogP contribution in [0.15, 0.2) is 0 Å². The molecule has 0 atom stereocenters. The number of nitrogens with zero attached hydrogens (tertiary/aromatic N) is 3. The number of hydrogen-bond donors (Lipinski definition) is 0. The van der Waals surface area contributed by atoms with Gasteiger partial charge in [-0.1, -0.05) is 13.0 Å². The molecule has 0 aromatic heterocycles. The topological polar surface area (TPSA) is 9.72 Å². The summed E-state index contributed by atoms with van der Waals surface area (Å²) in [5.41, 5.74) is 0. The Bertz CT molecular complexity index is 228. The second-order valence-corrected chi connectivity index (χ2v) is 6.58. The summed E-state index contributed by atoms with van der Waals surface area (Å²) in [7, 11) is 11.0. The minimum absolute atomic E-state index is 0. The third-order valence-electron chi connectivity index (χ3n) is 1.10. The van der Waals surface area contributed by atoms with E-state index in [4.69, 9.17) is 0 Å². The van der Waals surface area contributed by atoms with Gasteiger partial charge in [0.2, 0.25) is 0 Å². The molecule has 0 N–H and O–H groups in total. The van der Waals surface area contributed by atoms with E-state index in [0.717, 1.165) is 0 Å². The van der Waals surface area contributed by atoms with Gasteiger partial charge in [-0.3, -0.25) is 0 Å². The molecule has 0 aliphatic heterocycles. The Morgan fingerprint density at radius 2 is 0.632 bits per heavy atom. The molecule has 0 aromatic rings. The van der Waals surface area contributed by atoms with Crippen LogP contribution in [0.25, 0.3) is 0 Å². The van der Waals surface area contributed by atoms with Crippen molar-refractivity contribution in [1.29, 1.82) is 0 Å². The van der Waals surface area contributed by atoms with Gasteiger partial charge in [0.1, 0.15) is 0 Å². The van der Waals surface area contributed by atoms with Crippen LogP contribution in [0.1, 0.15) is 0 Å². The summed E-state index contributed by atoms with van der Waals surface area (Å²) in [6, 6.07) is 0. The number of hydrogen-bond acceptors (Lipinski definition) is 6. The van der Waals surface area contributed by atoms with Crippen molar-refractivity contribution < 1.29 is 0 Å². The standard InChI is InChI=1S/3C3H7NS2.B/c3*1-4(2)3(5)6;/h3*1-2H3,(H,5,6);/q;;;+3/p-3. The Balaban J connectivity index is -0.0000000865. The first-order valence-electron chi connectivity index (χ1n) is 4.58. The molecule has 0 radical (unpaired) electrons. The Hall–Kier alpha value is 0.395. The molecule has 0 spiro atoms. The van der Waals surface area contributed by atoms with Gasteiger partial charge in [-0.15, -0.1) is 0 Å². The maximum atomic E-state index is 4.56. The predicted octanol–water partition coefficient (Wildman–Crippen LogP) is 0.759. The summed E-state index contributed by atoms with van der Waals surface area (Å²) < 4.78 is 1.53. The van der Waals surface area contributed by atoms with Gasteiger partial charge in [-0.2, -0.15) is 0 Å². The van der Waals surface area contributed by atoms with Gasteiger partial charge >= 0.3 is 8.41 Å². The molecular weight excluding hydrogens is 353 g/mol. The van der Waals surface area contributed by atoms with Gasteiger partial charge in [-0.05, 0) is 0 Å². The van der Waals surface area contributed by atoms with Crippen LogP contribution in [0, 0.1) is 0 Å². The maximum Gasteiger partial charge on any atom is 3.00 e. The predicted molar refractivity (Wildman–Crippen MR) is 107 cm³/mol. The maximum absolute atomic E-state index is 4.56. The monoisotopic (exact) mass is 371 g/mol. The van der Waals surface area contributed by atoms with Crippen LogP contribution in [0.4, 0.5) is 0 Å². The van der Waals surface area contributed by atoms with Crippen LogP contribution in [0.3, 0.4) is 0 Å². The van der Waals surface area contributed by atoms with E-state index in [1.54, 1.807) is 14.7 Å². The minimum Gasteiger partial charge on any atom is -0.411 e. The van der Waals surface area contributed by atoms with E-state index in [1.165, 1.54) is 0 Å². The molecule has 3 nitrogen and oxygen atoms in total. The Kier molecular flexibility index (Phi) is 24.0. The largest absolute Gasteiger partial charge is 3.00 e. The van der Waals surface area contributed by atoms with Crippen LogP contribution in [0.5, 0.6) is 0 Å². The van der Waals surface area contributed by atoms with Gasteiger partial charge in [0.05, 0.1) is 0 Å². The average molecular weight is 371 g/mol. The fourth-order valence-corrected chi connectivity index (χ4v) is 0. The smallest absolute Gasteiger partial charge is 0.411 e. The summed E-state index contributed by atoms with van der Waals surface area (Å²) >= 11 is 27.4. The Morgan fingerprint density at radius 3 is 0.632 bits per heavy atom. The molecule has 0 fully saturated rings. The molecule has 0 unspecified atom stereocenters. The van der Waals surface area contributed by atoms with Crippen LogP contribution in [-0.2, 0) is 37.9 Å². The summed E-state index contributed by atoms with van der Waals surface area (Å²) in [6.07, 6.45) is 0. The van der Waals surface area contributed by atoms with Gasteiger partial charge in [0, 0.05) is 42.3 Å².